The highest BCUT2D eigenvalue weighted by molar-refractivity contribution is 7.88. The first kappa shape index (κ1) is 14.9. The van der Waals surface area contributed by atoms with Gasteiger partial charge in [0, 0.05) is 24.8 Å². The van der Waals surface area contributed by atoms with E-state index in [0.29, 0.717) is 18.5 Å². The van der Waals surface area contributed by atoms with Gasteiger partial charge in [0.2, 0.25) is 10.0 Å². The fraction of sp³-hybridized carbons (Fsp3) is 0.400. The van der Waals surface area contributed by atoms with Gasteiger partial charge in [0.1, 0.15) is 5.15 Å². The Hall–Kier alpha value is -1.18. The largest absolute Gasteiger partial charge is 0.352 e. The summed E-state index contributed by atoms with van der Waals surface area (Å²) in [5, 5.41) is 2.90. The molecule has 0 spiro atoms. The van der Waals surface area contributed by atoms with Crippen LogP contribution in [0.15, 0.2) is 18.3 Å². The van der Waals surface area contributed by atoms with Gasteiger partial charge in [0.05, 0.1) is 6.26 Å². The molecule has 1 amide bonds. The summed E-state index contributed by atoms with van der Waals surface area (Å²) >= 11 is 5.66. The van der Waals surface area contributed by atoms with Crippen LogP contribution < -0.4 is 10.0 Å². The number of nitrogens with one attached hydrogen (secondary N) is 2. The zero-order chi connectivity index (χ0) is 13.6. The Labute approximate surface area is 111 Å². The Balaban J connectivity index is 2.30. The molecule has 0 aliphatic carbocycles. The van der Waals surface area contributed by atoms with E-state index in [4.69, 9.17) is 11.6 Å². The molecule has 0 radical (unpaired) electrons. The summed E-state index contributed by atoms with van der Waals surface area (Å²) < 4.78 is 23.9. The van der Waals surface area contributed by atoms with E-state index in [2.05, 4.69) is 15.0 Å². The second-order valence-corrected chi connectivity index (χ2v) is 5.86. The number of nitrogens with zero attached hydrogens (tertiary/aromatic N) is 1. The first-order chi connectivity index (χ1) is 8.38. The Morgan fingerprint density at radius 3 is 2.78 bits per heavy atom. The molecule has 0 unspecified atom stereocenters. The lowest BCUT2D eigenvalue weighted by molar-refractivity contribution is 0.0953. The number of carbonyl (C=O) groups excluding carboxylic acids is 1. The molecule has 0 bridgehead atoms. The van der Waals surface area contributed by atoms with Crippen LogP contribution in [0.2, 0.25) is 5.15 Å². The number of hydrogen-bond donors (Lipinski definition) is 2. The van der Waals surface area contributed by atoms with Crippen LogP contribution in [0.5, 0.6) is 0 Å². The fourth-order valence-corrected chi connectivity index (χ4v) is 1.88. The van der Waals surface area contributed by atoms with Crippen LogP contribution in [0.1, 0.15) is 16.8 Å². The Kier molecular flexibility index (Phi) is 5.52. The van der Waals surface area contributed by atoms with Crippen molar-refractivity contribution in [2.24, 2.45) is 0 Å². The molecular formula is C10H14ClN3O3S. The highest BCUT2D eigenvalue weighted by Crippen LogP contribution is 2.06. The van der Waals surface area contributed by atoms with Crippen molar-refractivity contribution in [3.63, 3.8) is 0 Å². The first-order valence-electron chi connectivity index (χ1n) is 5.23. The predicted octanol–water partition coefficient (Wildman–Crippen LogP) is 0.404. The number of hydrogen-bond acceptors (Lipinski definition) is 4. The zero-order valence-corrected chi connectivity index (χ0v) is 11.4. The number of pyridine rings is 1. The van der Waals surface area contributed by atoms with Gasteiger partial charge in [-0.3, -0.25) is 4.79 Å². The minimum absolute atomic E-state index is 0.251. The van der Waals surface area contributed by atoms with Gasteiger partial charge in [-0.1, -0.05) is 11.6 Å². The van der Waals surface area contributed by atoms with Crippen molar-refractivity contribution >= 4 is 27.5 Å². The van der Waals surface area contributed by atoms with Crippen LogP contribution >= 0.6 is 11.6 Å². The van der Waals surface area contributed by atoms with Crippen LogP contribution in [-0.2, 0) is 10.0 Å². The molecule has 1 aromatic heterocycles. The summed E-state index contributed by atoms with van der Waals surface area (Å²) in [5.74, 6) is -0.265. The second kappa shape index (κ2) is 6.67. The standard InChI is InChI=1S/C10H14ClN3O3S/c1-18(16,17)14-5-2-4-13-10(15)8-3-6-12-9(11)7-8/h3,6-7,14H,2,4-5H2,1H3,(H,13,15). The third-order valence-electron chi connectivity index (χ3n) is 1.99. The summed E-state index contributed by atoms with van der Waals surface area (Å²) in [7, 11) is -3.17. The van der Waals surface area contributed by atoms with Crippen molar-refractivity contribution in [2.75, 3.05) is 19.3 Å². The maximum Gasteiger partial charge on any atom is 0.251 e. The van der Waals surface area contributed by atoms with Crippen molar-refractivity contribution in [1.82, 2.24) is 15.0 Å². The average Bonchev–Trinajstić information content (AvgIpc) is 2.26. The SMILES string of the molecule is CS(=O)(=O)NCCCNC(=O)c1ccnc(Cl)c1. The van der Waals surface area contributed by atoms with Gasteiger partial charge in [-0.15, -0.1) is 0 Å². The topological polar surface area (TPSA) is 88.2 Å². The third kappa shape index (κ3) is 5.95. The van der Waals surface area contributed by atoms with E-state index in [-0.39, 0.29) is 17.6 Å². The van der Waals surface area contributed by atoms with Crippen LogP contribution in [0.25, 0.3) is 0 Å². The molecule has 0 aliphatic rings. The van der Waals surface area contributed by atoms with Crippen molar-refractivity contribution < 1.29 is 13.2 Å². The predicted molar refractivity (Wildman–Crippen MR) is 69.0 cm³/mol. The van der Waals surface area contributed by atoms with Gasteiger partial charge in [0.15, 0.2) is 0 Å². The zero-order valence-electron chi connectivity index (χ0n) is 9.81. The van der Waals surface area contributed by atoms with Crippen molar-refractivity contribution in [2.45, 2.75) is 6.42 Å². The maximum absolute atomic E-state index is 11.6. The van der Waals surface area contributed by atoms with Crippen LogP contribution in [0, 0.1) is 0 Å². The van der Waals surface area contributed by atoms with E-state index < -0.39 is 10.0 Å². The maximum atomic E-state index is 11.6. The van der Waals surface area contributed by atoms with E-state index in [1.54, 1.807) is 6.07 Å². The highest BCUT2D eigenvalue weighted by atomic mass is 35.5. The molecule has 100 valence electrons. The average molecular weight is 292 g/mol. The molecule has 0 saturated heterocycles. The molecule has 1 rings (SSSR count). The Morgan fingerprint density at radius 2 is 2.17 bits per heavy atom. The second-order valence-electron chi connectivity index (χ2n) is 3.64. The van der Waals surface area contributed by atoms with Crippen molar-refractivity contribution in [3.8, 4) is 0 Å². The van der Waals surface area contributed by atoms with E-state index in [1.165, 1.54) is 12.3 Å². The van der Waals surface area contributed by atoms with Gasteiger partial charge in [-0.2, -0.15) is 0 Å². The number of aromatic nitrogens is 1. The van der Waals surface area contributed by atoms with Gasteiger partial charge >= 0.3 is 0 Å². The van der Waals surface area contributed by atoms with E-state index in [0.717, 1.165) is 6.26 Å². The lowest BCUT2D eigenvalue weighted by Gasteiger charge is -2.05. The summed E-state index contributed by atoms with van der Waals surface area (Å²) in [5.41, 5.74) is 0.422. The molecule has 18 heavy (non-hydrogen) atoms. The number of halogens is 1. The van der Waals surface area contributed by atoms with Gasteiger partial charge in [-0.25, -0.2) is 18.1 Å². The first-order valence-corrected chi connectivity index (χ1v) is 7.50. The fourth-order valence-electron chi connectivity index (χ4n) is 1.19. The molecule has 0 aromatic carbocycles. The van der Waals surface area contributed by atoms with Crippen molar-refractivity contribution in [3.05, 3.63) is 29.0 Å². The summed E-state index contributed by atoms with van der Waals surface area (Å²) in [6, 6.07) is 3.02. The van der Waals surface area contributed by atoms with Gasteiger partial charge in [-0.05, 0) is 18.6 Å². The minimum atomic E-state index is -3.17. The third-order valence-corrected chi connectivity index (χ3v) is 2.93. The Bertz CT molecular complexity index is 519. The number of carbonyl (C=O) groups is 1. The van der Waals surface area contributed by atoms with Crippen LogP contribution in [-0.4, -0.2) is 38.7 Å². The molecule has 0 atom stereocenters. The minimum Gasteiger partial charge on any atom is -0.352 e. The molecule has 0 saturated carbocycles. The number of rotatable bonds is 6. The van der Waals surface area contributed by atoms with Crippen LogP contribution in [0.3, 0.4) is 0 Å². The molecule has 1 aromatic rings. The van der Waals surface area contributed by atoms with Gasteiger partial charge in [0.25, 0.3) is 5.91 Å². The monoisotopic (exact) mass is 291 g/mol. The molecule has 6 nitrogen and oxygen atoms in total. The normalized spacial score (nSPS) is 11.2. The summed E-state index contributed by atoms with van der Waals surface area (Å²) in [6.45, 7) is 0.664. The molecule has 2 N–H and O–H groups in total. The van der Waals surface area contributed by atoms with Crippen molar-refractivity contribution in [1.29, 1.82) is 0 Å². The molecule has 0 aliphatic heterocycles. The smallest absolute Gasteiger partial charge is 0.251 e. The summed E-state index contributed by atoms with van der Waals surface area (Å²) in [6.07, 6.45) is 3.05. The molecule has 8 heteroatoms. The quantitative estimate of drug-likeness (QED) is 0.587. The van der Waals surface area contributed by atoms with E-state index >= 15 is 0 Å². The molecule has 1 heterocycles. The van der Waals surface area contributed by atoms with Crippen LogP contribution in [0.4, 0.5) is 0 Å². The molecule has 0 fully saturated rings. The van der Waals surface area contributed by atoms with Gasteiger partial charge < -0.3 is 5.32 Å². The van der Waals surface area contributed by atoms with E-state index in [1.807, 2.05) is 0 Å². The molecular weight excluding hydrogens is 278 g/mol. The Morgan fingerprint density at radius 1 is 1.44 bits per heavy atom. The number of amides is 1. The summed E-state index contributed by atoms with van der Waals surface area (Å²) in [4.78, 5) is 15.4. The lowest BCUT2D eigenvalue weighted by atomic mass is 10.2. The van der Waals surface area contributed by atoms with E-state index in [9.17, 15) is 13.2 Å². The number of sulfonamides is 1. The lowest BCUT2D eigenvalue weighted by Crippen LogP contribution is -2.29. The highest BCUT2D eigenvalue weighted by Gasteiger charge is 2.05.